The largest absolute Gasteiger partial charge is 0.396 e. The lowest BCUT2D eigenvalue weighted by Crippen LogP contribution is -2.39. The number of aliphatic hydroxyl groups is 1. The summed E-state index contributed by atoms with van der Waals surface area (Å²) in [7, 11) is 1.93. The smallest absolute Gasteiger partial charge is 0.222 e. The fourth-order valence-electron chi connectivity index (χ4n) is 3.67. The van der Waals surface area contributed by atoms with Crippen molar-refractivity contribution < 1.29 is 9.90 Å². The summed E-state index contributed by atoms with van der Waals surface area (Å²) in [4.78, 5) is 17.7. The molecule has 1 heterocycles. The lowest BCUT2D eigenvalue weighted by atomic mass is 9.86. The molecule has 124 valence electrons. The van der Waals surface area contributed by atoms with Gasteiger partial charge < -0.3 is 15.0 Å². The lowest BCUT2D eigenvalue weighted by molar-refractivity contribution is -0.132. The maximum absolute atomic E-state index is 12.5. The van der Waals surface area contributed by atoms with Gasteiger partial charge in [-0.15, -0.1) is 0 Å². The predicted molar refractivity (Wildman–Crippen MR) is 92.2 cm³/mol. The number of rotatable bonds is 5. The Morgan fingerprint density at radius 2 is 2.00 bits per heavy atom. The van der Waals surface area contributed by atoms with E-state index >= 15 is 0 Å². The molecule has 4 heteroatoms. The van der Waals surface area contributed by atoms with Crippen molar-refractivity contribution in [3.05, 3.63) is 36.0 Å². The Morgan fingerprint density at radius 3 is 2.74 bits per heavy atom. The minimum atomic E-state index is 0.225. The van der Waals surface area contributed by atoms with Crippen LogP contribution in [0.1, 0.15) is 37.7 Å². The molecule has 0 radical (unpaired) electrons. The number of nitrogens with one attached hydrogen (secondary N) is 1. The van der Waals surface area contributed by atoms with E-state index in [1.807, 2.05) is 30.3 Å². The zero-order valence-electron chi connectivity index (χ0n) is 13.8. The Hall–Kier alpha value is -1.81. The first-order chi connectivity index (χ1) is 11.2. The van der Waals surface area contributed by atoms with Crippen molar-refractivity contribution in [1.82, 2.24) is 9.88 Å². The summed E-state index contributed by atoms with van der Waals surface area (Å²) in [6.07, 6.45) is 7.44. The van der Waals surface area contributed by atoms with Gasteiger partial charge in [0.05, 0.1) is 0 Å². The minimum absolute atomic E-state index is 0.225. The number of H-pyrrole nitrogens is 1. The molecule has 0 atom stereocenters. The van der Waals surface area contributed by atoms with Gasteiger partial charge in [0.15, 0.2) is 0 Å². The second kappa shape index (κ2) is 7.18. The number of carbonyl (C=O) groups is 1. The van der Waals surface area contributed by atoms with Crippen LogP contribution >= 0.6 is 0 Å². The Bertz CT molecular complexity index is 656. The number of hydrogen-bond donors (Lipinski definition) is 2. The average molecular weight is 314 g/mol. The molecule has 1 aliphatic rings. The summed E-state index contributed by atoms with van der Waals surface area (Å²) in [6, 6.07) is 8.56. The van der Waals surface area contributed by atoms with E-state index in [2.05, 4.69) is 17.1 Å². The van der Waals surface area contributed by atoms with Crippen molar-refractivity contribution in [2.45, 2.75) is 44.6 Å². The molecule has 1 amide bonds. The Morgan fingerprint density at radius 1 is 1.26 bits per heavy atom. The summed E-state index contributed by atoms with van der Waals surface area (Å²) >= 11 is 0. The van der Waals surface area contributed by atoms with Crippen molar-refractivity contribution in [2.24, 2.45) is 5.92 Å². The van der Waals surface area contributed by atoms with E-state index in [9.17, 15) is 9.90 Å². The summed E-state index contributed by atoms with van der Waals surface area (Å²) in [6.45, 7) is 0.283. The van der Waals surface area contributed by atoms with Crippen molar-refractivity contribution in [2.75, 3.05) is 13.7 Å². The van der Waals surface area contributed by atoms with Crippen LogP contribution in [0.2, 0.25) is 0 Å². The molecule has 2 N–H and O–H groups in total. The fraction of sp³-hybridized carbons (Fsp3) is 0.526. The van der Waals surface area contributed by atoms with Crippen LogP contribution in [-0.4, -0.2) is 40.6 Å². The van der Waals surface area contributed by atoms with Gasteiger partial charge in [-0.1, -0.05) is 18.2 Å². The van der Waals surface area contributed by atoms with Crippen LogP contribution in [0, 0.1) is 5.92 Å². The third kappa shape index (κ3) is 3.58. The highest BCUT2D eigenvalue weighted by Gasteiger charge is 2.26. The van der Waals surface area contributed by atoms with Crippen molar-refractivity contribution >= 4 is 16.8 Å². The first-order valence-electron chi connectivity index (χ1n) is 8.60. The number of para-hydroxylation sites is 1. The lowest BCUT2D eigenvalue weighted by Gasteiger charge is -2.34. The zero-order valence-corrected chi connectivity index (χ0v) is 13.8. The van der Waals surface area contributed by atoms with Gasteiger partial charge in [0.1, 0.15) is 0 Å². The molecule has 3 rings (SSSR count). The van der Waals surface area contributed by atoms with Crippen LogP contribution in [0.3, 0.4) is 0 Å². The maximum atomic E-state index is 12.5. The molecule has 1 fully saturated rings. The Labute approximate surface area is 137 Å². The van der Waals surface area contributed by atoms with Gasteiger partial charge in [-0.25, -0.2) is 0 Å². The molecule has 1 saturated carbocycles. The molecule has 23 heavy (non-hydrogen) atoms. The number of fused-ring (bicyclic) bond motifs is 1. The molecule has 1 aliphatic carbocycles. The highest BCUT2D eigenvalue weighted by atomic mass is 16.3. The van der Waals surface area contributed by atoms with Gasteiger partial charge in [-0.05, 0) is 49.7 Å². The third-order valence-electron chi connectivity index (χ3n) is 5.30. The molecular weight excluding hydrogens is 288 g/mol. The number of aliphatic hydroxyl groups excluding tert-OH is 1. The van der Waals surface area contributed by atoms with E-state index in [1.54, 1.807) is 0 Å². The molecule has 0 bridgehead atoms. The average Bonchev–Trinajstić information content (AvgIpc) is 3.02. The number of aryl methyl sites for hydroxylation is 1. The number of aromatic amines is 1. The zero-order chi connectivity index (χ0) is 16.2. The summed E-state index contributed by atoms with van der Waals surface area (Å²) in [5, 5.41) is 10.4. The Balaban J connectivity index is 1.55. The summed E-state index contributed by atoms with van der Waals surface area (Å²) in [5.41, 5.74) is 2.34. The molecule has 4 nitrogen and oxygen atoms in total. The molecule has 2 aromatic rings. The molecule has 0 spiro atoms. The van der Waals surface area contributed by atoms with Gasteiger partial charge in [-0.2, -0.15) is 0 Å². The molecule has 0 saturated heterocycles. The van der Waals surface area contributed by atoms with Crippen LogP contribution in [0.15, 0.2) is 30.5 Å². The van der Waals surface area contributed by atoms with Crippen LogP contribution < -0.4 is 0 Å². The Kier molecular flexibility index (Phi) is 5.01. The molecular formula is C19H26N2O2. The van der Waals surface area contributed by atoms with E-state index in [4.69, 9.17) is 0 Å². The van der Waals surface area contributed by atoms with Crippen LogP contribution in [0.5, 0.6) is 0 Å². The molecule has 1 aromatic carbocycles. The quantitative estimate of drug-likeness (QED) is 0.891. The van der Waals surface area contributed by atoms with E-state index < -0.39 is 0 Å². The number of amides is 1. The van der Waals surface area contributed by atoms with Gasteiger partial charge in [-0.3, -0.25) is 4.79 Å². The molecule has 0 unspecified atom stereocenters. The highest BCUT2D eigenvalue weighted by molar-refractivity contribution is 5.84. The van der Waals surface area contributed by atoms with E-state index in [0.717, 1.165) is 37.6 Å². The van der Waals surface area contributed by atoms with Crippen LogP contribution in [0.4, 0.5) is 0 Å². The minimum Gasteiger partial charge on any atom is -0.396 e. The first-order valence-corrected chi connectivity index (χ1v) is 8.60. The summed E-state index contributed by atoms with van der Waals surface area (Å²) in [5.74, 6) is 0.656. The number of aromatic nitrogens is 1. The monoisotopic (exact) mass is 314 g/mol. The van der Waals surface area contributed by atoms with Gasteiger partial charge >= 0.3 is 0 Å². The number of carbonyl (C=O) groups excluding carboxylic acids is 1. The summed E-state index contributed by atoms with van der Waals surface area (Å²) < 4.78 is 0. The number of benzene rings is 1. The molecule has 1 aromatic heterocycles. The normalized spacial score (nSPS) is 21.5. The van der Waals surface area contributed by atoms with Crippen LogP contribution in [0.25, 0.3) is 10.9 Å². The first kappa shape index (κ1) is 16.1. The van der Waals surface area contributed by atoms with Gasteiger partial charge in [0.25, 0.3) is 0 Å². The van der Waals surface area contributed by atoms with E-state index in [0.29, 0.717) is 18.4 Å². The van der Waals surface area contributed by atoms with Crippen molar-refractivity contribution in [1.29, 1.82) is 0 Å². The second-order valence-corrected chi connectivity index (χ2v) is 6.72. The maximum Gasteiger partial charge on any atom is 0.222 e. The highest BCUT2D eigenvalue weighted by Crippen LogP contribution is 2.27. The number of hydrogen-bond acceptors (Lipinski definition) is 2. The van der Waals surface area contributed by atoms with Crippen molar-refractivity contribution in [3.63, 3.8) is 0 Å². The topological polar surface area (TPSA) is 56.3 Å². The third-order valence-corrected chi connectivity index (χ3v) is 5.30. The standard InChI is InChI=1S/C19H26N2O2/c1-21(16-9-6-14(13-22)7-10-16)19(23)11-8-15-12-20-18-5-3-2-4-17(15)18/h2-5,12,14,16,20,22H,6-11,13H2,1H3. The molecule has 0 aliphatic heterocycles. The van der Waals surface area contributed by atoms with E-state index in [1.165, 1.54) is 10.9 Å². The van der Waals surface area contributed by atoms with Gasteiger partial charge in [0.2, 0.25) is 5.91 Å². The number of nitrogens with zero attached hydrogens (tertiary/aromatic N) is 1. The second-order valence-electron chi connectivity index (χ2n) is 6.72. The van der Waals surface area contributed by atoms with Crippen molar-refractivity contribution in [3.8, 4) is 0 Å². The SMILES string of the molecule is CN(C(=O)CCc1c[nH]c2ccccc12)C1CCC(CO)CC1. The van der Waals surface area contributed by atoms with Crippen LogP contribution in [-0.2, 0) is 11.2 Å². The van der Waals surface area contributed by atoms with E-state index in [-0.39, 0.29) is 12.5 Å². The predicted octanol–water partition coefficient (Wildman–Crippen LogP) is 3.11. The van der Waals surface area contributed by atoms with Gasteiger partial charge in [0, 0.05) is 43.2 Å². The fourth-order valence-corrected chi connectivity index (χ4v) is 3.67.